The van der Waals surface area contributed by atoms with E-state index in [0.29, 0.717) is 24.5 Å². The topological polar surface area (TPSA) is 47.6 Å². The highest BCUT2D eigenvalue weighted by Gasteiger charge is 2.09. The second-order valence-corrected chi connectivity index (χ2v) is 5.40. The van der Waals surface area contributed by atoms with Crippen LogP contribution in [0.3, 0.4) is 0 Å². The van der Waals surface area contributed by atoms with E-state index >= 15 is 0 Å². The van der Waals surface area contributed by atoms with Crippen LogP contribution >= 0.6 is 0 Å². The molecule has 0 radical (unpaired) electrons. The van der Waals surface area contributed by atoms with E-state index in [1.807, 2.05) is 49.4 Å². The molecule has 1 amide bonds. The molecule has 2 aromatic carbocycles. The van der Waals surface area contributed by atoms with E-state index in [-0.39, 0.29) is 5.91 Å². The monoisotopic (exact) mass is 313 g/mol. The van der Waals surface area contributed by atoms with Crippen molar-refractivity contribution < 1.29 is 14.3 Å². The van der Waals surface area contributed by atoms with Gasteiger partial charge in [0.2, 0.25) is 5.91 Å². The Hall–Kier alpha value is -2.49. The van der Waals surface area contributed by atoms with Gasteiger partial charge in [-0.2, -0.15) is 0 Å². The zero-order valence-electron chi connectivity index (χ0n) is 13.9. The normalized spacial score (nSPS) is 10.2. The third kappa shape index (κ3) is 4.74. The highest BCUT2D eigenvalue weighted by atomic mass is 16.5. The summed E-state index contributed by atoms with van der Waals surface area (Å²) in [4.78, 5) is 12.0. The summed E-state index contributed by atoms with van der Waals surface area (Å²) in [7, 11) is 3.22. The predicted molar refractivity (Wildman–Crippen MR) is 90.9 cm³/mol. The lowest BCUT2D eigenvalue weighted by Crippen LogP contribution is -2.23. The van der Waals surface area contributed by atoms with Crippen molar-refractivity contribution in [1.82, 2.24) is 5.32 Å². The summed E-state index contributed by atoms with van der Waals surface area (Å²) in [5.41, 5.74) is 3.26. The molecule has 0 heterocycles. The molecule has 0 bridgehead atoms. The van der Waals surface area contributed by atoms with Gasteiger partial charge in [0.25, 0.3) is 0 Å². The molecular formula is C19H23NO3. The summed E-state index contributed by atoms with van der Waals surface area (Å²) in [6, 6.07) is 13.8. The average molecular weight is 313 g/mol. The van der Waals surface area contributed by atoms with Crippen LogP contribution in [-0.4, -0.2) is 20.1 Å². The Morgan fingerprint density at radius 3 is 2.35 bits per heavy atom. The standard InChI is InChI=1S/C19H23NO3/c1-14-11-17(22-2)18(23-3)12-16(14)13-20-19(21)10-9-15-7-5-4-6-8-15/h4-8,11-12H,9-10,13H2,1-3H3,(H,20,21). The number of hydrogen-bond acceptors (Lipinski definition) is 3. The van der Waals surface area contributed by atoms with Crippen molar-refractivity contribution in [2.45, 2.75) is 26.3 Å². The van der Waals surface area contributed by atoms with Crippen LogP contribution in [0.5, 0.6) is 11.5 Å². The molecule has 0 spiro atoms. The fraction of sp³-hybridized carbons (Fsp3) is 0.316. The first-order valence-electron chi connectivity index (χ1n) is 7.66. The molecule has 0 unspecified atom stereocenters. The van der Waals surface area contributed by atoms with Crippen molar-refractivity contribution in [1.29, 1.82) is 0 Å². The van der Waals surface area contributed by atoms with E-state index in [0.717, 1.165) is 17.5 Å². The first-order chi connectivity index (χ1) is 11.1. The van der Waals surface area contributed by atoms with Gasteiger partial charge in [-0.05, 0) is 42.2 Å². The van der Waals surface area contributed by atoms with E-state index in [1.54, 1.807) is 14.2 Å². The van der Waals surface area contributed by atoms with E-state index in [1.165, 1.54) is 5.56 Å². The molecule has 0 aliphatic rings. The summed E-state index contributed by atoms with van der Waals surface area (Å²) in [6.07, 6.45) is 1.23. The minimum atomic E-state index is 0.0445. The number of carbonyl (C=O) groups excluding carboxylic acids is 1. The fourth-order valence-electron chi connectivity index (χ4n) is 2.40. The van der Waals surface area contributed by atoms with Gasteiger partial charge in [-0.25, -0.2) is 0 Å². The van der Waals surface area contributed by atoms with Gasteiger partial charge in [0.1, 0.15) is 0 Å². The number of amides is 1. The molecule has 1 N–H and O–H groups in total. The SMILES string of the molecule is COc1cc(C)c(CNC(=O)CCc2ccccc2)cc1OC. The van der Waals surface area contributed by atoms with Crippen molar-refractivity contribution in [2.24, 2.45) is 0 Å². The number of benzene rings is 2. The molecule has 4 heteroatoms. The van der Waals surface area contributed by atoms with Crippen molar-refractivity contribution in [3.05, 3.63) is 59.2 Å². The third-order valence-electron chi connectivity index (χ3n) is 3.80. The molecule has 23 heavy (non-hydrogen) atoms. The smallest absolute Gasteiger partial charge is 0.220 e. The summed E-state index contributed by atoms with van der Waals surface area (Å²) >= 11 is 0. The van der Waals surface area contributed by atoms with Gasteiger partial charge >= 0.3 is 0 Å². The van der Waals surface area contributed by atoms with Gasteiger partial charge in [-0.15, -0.1) is 0 Å². The number of rotatable bonds is 7. The minimum Gasteiger partial charge on any atom is -0.493 e. The first kappa shape index (κ1) is 16.9. The average Bonchev–Trinajstić information content (AvgIpc) is 2.59. The minimum absolute atomic E-state index is 0.0445. The number of methoxy groups -OCH3 is 2. The molecule has 4 nitrogen and oxygen atoms in total. The van der Waals surface area contributed by atoms with E-state index in [9.17, 15) is 4.79 Å². The zero-order chi connectivity index (χ0) is 16.7. The lowest BCUT2D eigenvalue weighted by molar-refractivity contribution is -0.121. The molecular weight excluding hydrogens is 290 g/mol. The molecule has 0 aliphatic carbocycles. The highest BCUT2D eigenvalue weighted by Crippen LogP contribution is 2.30. The Kier molecular flexibility index (Phi) is 6.03. The molecule has 2 rings (SSSR count). The van der Waals surface area contributed by atoms with Crippen LogP contribution in [0, 0.1) is 6.92 Å². The van der Waals surface area contributed by atoms with Crippen molar-refractivity contribution in [2.75, 3.05) is 14.2 Å². The van der Waals surface area contributed by atoms with Crippen LogP contribution in [0.25, 0.3) is 0 Å². The largest absolute Gasteiger partial charge is 0.493 e. The quantitative estimate of drug-likeness (QED) is 0.853. The number of aryl methyl sites for hydroxylation is 2. The lowest BCUT2D eigenvalue weighted by Gasteiger charge is -2.13. The second kappa shape index (κ2) is 8.22. The summed E-state index contributed by atoms with van der Waals surface area (Å²) in [6.45, 7) is 2.48. The van der Waals surface area contributed by atoms with Crippen LogP contribution in [0.15, 0.2) is 42.5 Å². The van der Waals surface area contributed by atoms with Crippen molar-refractivity contribution in [3.63, 3.8) is 0 Å². The maximum Gasteiger partial charge on any atom is 0.220 e. The molecule has 0 fully saturated rings. The first-order valence-corrected chi connectivity index (χ1v) is 7.66. The van der Waals surface area contributed by atoms with Gasteiger partial charge in [-0.3, -0.25) is 4.79 Å². The molecule has 0 aromatic heterocycles. The number of ether oxygens (including phenoxy) is 2. The molecule has 0 saturated carbocycles. The Labute approximate surface area is 137 Å². The van der Waals surface area contributed by atoms with Crippen molar-refractivity contribution >= 4 is 5.91 Å². The number of carbonyl (C=O) groups is 1. The summed E-state index contributed by atoms with van der Waals surface area (Å²) in [5.74, 6) is 1.42. The highest BCUT2D eigenvalue weighted by molar-refractivity contribution is 5.76. The Balaban J connectivity index is 1.91. The third-order valence-corrected chi connectivity index (χ3v) is 3.80. The van der Waals surface area contributed by atoms with E-state index in [4.69, 9.17) is 9.47 Å². The van der Waals surface area contributed by atoms with Gasteiger partial charge < -0.3 is 14.8 Å². The second-order valence-electron chi connectivity index (χ2n) is 5.40. The maximum atomic E-state index is 12.0. The Morgan fingerprint density at radius 2 is 1.70 bits per heavy atom. The van der Waals surface area contributed by atoms with E-state index < -0.39 is 0 Å². The van der Waals surface area contributed by atoms with Crippen LogP contribution in [0.1, 0.15) is 23.1 Å². The van der Waals surface area contributed by atoms with Gasteiger partial charge in [-0.1, -0.05) is 30.3 Å². The lowest BCUT2D eigenvalue weighted by atomic mass is 10.1. The Morgan fingerprint density at radius 1 is 1.04 bits per heavy atom. The summed E-state index contributed by atoms with van der Waals surface area (Å²) in [5, 5.41) is 2.96. The molecule has 2 aromatic rings. The van der Waals surface area contributed by atoms with E-state index in [2.05, 4.69) is 5.32 Å². The number of hydrogen-bond donors (Lipinski definition) is 1. The molecule has 122 valence electrons. The molecule has 0 saturated heterocycles. The fourth-order valence-corrected chi connectivity index (χ4v) is 2.40. The van der Waals surface area contributed by atoms with Gasteiger partial charge in [0.05, 0.1) is 14.2 Å². The van der Waals surface area contributed by atoms with Gasteiger partial charge in [0.15, 0.2) is 11.5 Å². The van der Waals surface area contributed by atoms with Crippen LogP contribution in [0.2, 0.25) is 0 Å². The van der Waals surface area contributed by atoms with Gasteiger partial charge in [0, 0.05) is 13.0 Å². The summed E-state index contributed by atoms with van der Waals surface area (Å²) < 4.78 is 10.6. The van der Waals surface area contributed by atoms with Crippen LogP contribution < -0.4 is 14.8 Å². The van der Waals surface area contributed by atoms with Crippen LogP contribution in [-0.2, 0) is 17.8 Å². The molecule has 0 atom stereocenters. The molecule has 0 aliphatic heterocycles. The Bertz CT molecular complexity index is 653. The maximum absolute atomic E-state index is 12.0. The zero-order valence-corrected chi connectivity index (χ0v) is 13.9. The predicted octanol–water partition coefficient (Wildman–Crippen LogP) is 3.26. The van der Waals surface area contributed by atoms with Crippen molar-refractivity contribution in [3.8, 4) is 11.5 Å². The number of nitrogens with one attached hydrogen (secondary N) is 1. The van der Waals surface area contributed by atoms with Crippen LogP contribution in [0.4, 0.5) is 0 Å².